The van der Waals surface area contributed by atoms with Crippen LogP contribution in [0.2, 0.25) is 0 Å². The standard InChI is InChI=1S/C11H18N2O2S/c1-8-4-5-11(6-9(8)2)16(14,15)13-7-10(3)12/h4-6,10,13H,7,12H2,1-3H3. The topological polar surface area (TPSA) is 72.2 Å². The molecule has 0 spiro atoms. The normalized spacial score (nSPS) is 13.8. The molecule has 0 heterocycles. The van der Waals surface area contributed by atoms with Gasteiger partial charge in [0.05, 0.1) is 4.90 Å². The van der Waals surface area contributed by atoms with E-state index in [1.165, 1.54) is 0 Å². The van der Waals surface area contributed by atoms with Crippen LogP contribution in [0, 0.1) is 13.8 Å². The first-order valence-corrected chi connectivity index (χ1v) is 6.64. The van der Waals surface area contributed by atoms with Crippen LogP contribution < -0.4 is 10.5 Å². The third kappa shape index (κ3) is 3.30. The van der Waals surface area contributed by atoms with Crippen LogP contribution in [0.3, 0.4) is 0 Å². The van der Waals surface area contributed by atoms with Gasteiger partial charge in [-0.25, -0.2) is 13.1 Å². The number of aryl methyl sites for hydroxylation is 2. The van der Waals surface area contributed by atoms with Crippen molar-refractivity contribution in [3.05, 3.63) is 29.3 Å². The molecule has 0 radical (unpaired) electrons. The molecule has 1 rings (SSSR count). The second-order valence-electron chi connectivity index (χ2n) is 4.08. The van der Waals surface area contributed by atoms with Crippen LogP contribution in [-0.4, -0.2) is 21.0 Å². The Labute approximate surface area is 96.9 Å². The zero-order chi connectivity index (χ0) is 12.3. The Morgan fingerprint density at radius 1 is 1.31 bits per heavy atom. The second-order valence-corrected chi connectivity index (χ2v) is 5.84. The van der Waals surface area contributed by atoms with E-state index in [4.69, 9.17) is 5.73 Å². The van der Waals surface area contributed by atoms with Crippen LogP contribution in [0.4, 0.5) is 0 Å². The highest BCUT2D eigenvalue weighted by molar-refractivity contribution is 7.89. The number of nitrogens with one attached hydrogen (secondary N) is 1. The first-order valence-electron chi connectivity index (χ1n) is 5.15. The summed E-state index contributed by atoms with van der Waals surface area (Å²) in [4.78, 5) is 0.288. The summed E-state index contributed by atoms with van der Waals surface area (Å²) >= 11 is 0. The highest BCUT2D eigenvalue weighted by Gasteiger charge is 2.14. The van der Waals surface area contributed by atoms with Crippen LogP contribution in [0.25, 0.3) is 0 Å². The van der Waals surface area contributed by atoms with Gasteiger partial charge in [-0.2, -0.15) is 0 Å². The molecular formula is C11H18N2O2S. The van der Waals surface area contributed by atoms with Gasteiger partial charge < -0.3 is 5.73 Å². The number of sulfonamides is 1. The number of hydrogen-bond donors (Lipinski definition) is 2. The summed E-state index contributed by atoms with van der Waals surface area (Å²) in [5, 5.41) is 0. The van der Waals surface area contributed by atoms with Crippen molar-refractivity contribution in [1.29, 1.82) is 0 Å². The minimum Gasteiger partial charge on any atom is -0.327 e. The van der Waals surface area contributed by atoms with E-state index in [1.54, 1.807) is 25.1 Å². The van der Waals surface area contributed by atoms with Gasteiger partial charge in [-0.1, -0.05) is 6.07 Å². The van der Waals surface area contributed by atoms with Crippen molar-refractivity contribution in [2.45, 2.75) is 31.7 Å². The van der Waals surface area contributed by atoms with E-state index >= 15 is 0 Å². The molecule has 0 amide bonds. The maximum absolute atomic E-state index is 11.8. The molecule has 1 atom stereocenters. The molecule has 0 aromatic heterocycles. The van der Waals surface area contributed by atoms with Crippen molar-refractivity contribution in [2.75, 3.05) is 6.54 Å². The van der Waals surface area contributed by atoms with E-state index in [0.29, 0.717) is 0 Å². The van der Waals surface area contributed by atoms with Gasteiger partial charge in [0.2, 0.25) is 10.0 Å². The molecule has 0 saturated heterocycles. The van der Waals surface area contributed by atoms with E-state index in [-0.39, 0.29) is 17.5 Å². The van der Waals surface area contributed by atoms with E-state index in [2.05, 4.69) is 4.72 Å². The summed E-state index contributed by atoms with van der Waals surface area (Å²) < 4.78 is 26.1. The average Bonchev–Trinajstić information content (AvgIpc) is 2.19. The molecule has 5 heteroatoms. The van der Waals surface area contributed by atoms with Crippen LogP contribution >= 0.6 is 0 Å². The van der Waals surface area contributed by atoms with E-state index in [9.17, 15) is 8.42 Å². The molecule has 0 aliphatic rings. The lowest BCUT2D eigenvalue weighted by molar-refractivity contribution is 0.574. The summed E-state index contributed by atoms with van der Waals surface area (Å²) in [6.45, 7) is 5.83. The molecule has 1 aromatic rings. The molecule has 0 aliphatic carbocycles. The summed E-state index contributed by atoms with van der Waals surface area (Å²) in [7, 11) is -3.42. The zero-order valence-electron chi connectivity index (χ0n) is 9.82. The Kier molecular flexibility index (Phi) is 4.07. The van der Waals surface area contributed by atoms with Gasteiger partial charge in [0.15, 0.2) is 0 Å². The maximum atomic E-state index is 11.8. The molecule has 0 fully saturated rings. The van der Waals surface area contributed by atoms with Crippen molar-refractivity contribution in [3.63, 3.8) is 0 Å². The molecule has 0 saturated carbocycles. The summed E-state index contributed by atoms with van der Waals surface area (Å²) in [5.74, 6) is 0. The highest BCUT2D eigenvalue weighted by atomic mass is 32.2. The fourth-order valence-corrected chi connectivity index (χ4v) is 2.43. The van der Waals surface area contributed by atoms with Gasteiger partial charge in [-0.3, -0.25) is 0 Å². The molecule has 3 N–H and O–H groups in total. The van der Waals surface area contributed by atoms with E-state index in [0.717, 1.165) is 11.1 Å². The lowest BCUT2D eigenvalue weighted by atomic mass is 10.1. The lowest BCUT2D eigenvalue weighted by Crippen LogP contribution is -2.35. The van der Waals surface area contributed by atoms with Crippen molar-refractivity contribution >= 4 is 10.0 Å². The summed E-state index contributed by atoms with van der Waals surface area (Å²) in [6, 6.07) is 4.88. The predicted octanol–water partition coefficient (Wildman–Crippen LogP) is 0.929. The van der Waals surface area contributed by atoms with Gasteiger partial charge in [-0.15, -0.1) is 0 Å². The molecule has 1 aromatic carbocycles. The molecule has 90 valence electrons. The Bertz CT molecular complexity index is 467. The molecule has 4 nitrogen and oxygen atoms in total. The number of rotatable bonds is 4. The van der Waals surface area contributed by atoms with E-state index < -0.39 is 10.0 Å². The Hall–Kier alpha value is -0.910. The van der Waals surface area contributed by atoms with Crippen molar-refractivity contribution in [2.24, 2.45) is 5.73 Å². The monoisotopic (exact) mass is 242 g/mol. The average molecular weight is 242 g/mol. The fourth-order valence-electron chi connectivity index (χ4n) is 1.21. The number of benzene rings is 1. The van der Waals surface area contributed by atoms with Gasteiger partial charge in [0.25, 0.3) is 0 Å². The summed E-state index contributed by atoms with van der Waals surface area (Å²) in [5.41, 5.74) is 7.54. The van der Waals surface area contributed by atoms with Gasteiger partial charge >= 0.3 is 0 Å². The zero-order valence-corrected chi connectivity index (χ0v) is 10.6. The number of hydrogen-bond acceptors (Lipinski definition) is 3. The minimum absolute atomic E-state index is 0.193. The van der Waals surface area contributed by atoms with E-state index in [1.807, 2.05) is 13.8 Å². The van der Waals surface area contributed by atoms with Crippen molar-refractivity contribution < 1.29 is 8.42 Å². The molecule has 1 unspecified atom stereocenters. The molecular weight excluding hydrogens is 224 g/mol. The van der Waals surface area contributed by atoms with Gasteiger partial charge in [-0.05, 0) is 44.0 Å². The van der Waals surface area contributed by atoms with Crippen LogP contribution in [0.5, 0.6) is 0 Å². The minimum atomic E-state index is -3.42. The van der Waals surface area contributed by atoms with Gasteiger partial charge in [0, 0.05) is 12.6 Å². The quantitative estimate of drug-likeness (QED) is 0.825. The molecule has 0 aliphatic heterocycles. The van der Waals surface area contributed by atoms with Crippen molar-refractivity contribution in [1.82, 2.24) is 4.72 Å². The predicted molar refractivity (Wildman–Crippen MR) is 64.8 cm³/mol. The second kappa shape index (κ2) is 4.95. The summed E-state index contributed by atoms with van der Waals surface area (Å²) in [6.07, 6.45) is 0. The SMILES string of the molecule is Cc1ccc(S(=O)(=O)NCC(C)N)cc1C. The third-order valence-electron chi connectivity index (χ3n) is 2.38. The highest BCUT2D eigenvalue weighted by Crippen LogP contribution is 2.14. The van der Waals surface area contributed by atoms with Crippen LogP contribution in [0.1, 0.15) is 18.1 Å². The molecule has 0 bridgehead atoms. The molecule has 16 heavy (non-hydrogen) atoms. The fraction of sp³-hybridized carbons (Fsp3) is 0.455. The Balaban J connectivity index is 2.94. The first kappa shape index (κ1) is 13.2. The number of nitrogens with two attached hydrogens (primary N) is 1. The largest absolute Gasteiger partial charge is 0.327 e. The Morgan fingerprint density at radius 2 is 1.94 bits per heavy atom. The first-order chi connectivity index (χ1) is 7.33. The van der Waals surface area contributed by atoms with Crippen LogP contribution in [0.15, 0.2) is 23.1 Å². The Morgan fingerprint density at radius 3 is 2.44 bits per heavy atom. The lowest BCUT2D eigenvalue weighted by Gasteiger charge is -2.10. The third-order valence-corrected chi connectivity index (χ3v) is 3.81. The smallest absolute Gasteiger partial charge is 0.240 e. The van der Waals surface area contributed by atoms with Gasteiger partial charge in [0.1, 0.15) is 0 Å². The maximum Gasteiger partial charge on any atom is 0.240 e. The van der Waals surface area contributed by atoms with Crippen molar-refractivity contribution in [3.8, 4) is 0 Å². The van der Waals surface area contributed by atoms with Crippen LogP contribution in [-0.2, 0) is 10.0 Å².